The molecule has 2 heterocycles. The van der Waals surface area contributed by atoms with Gasteiger partial charge in [0.05, 0.1) is 0 Å². The first-order chi connectivity index (χ1) is 10.4. The van der Waals surface area contributed by atoms with Crippen molar-refractivity contribution in [2.45, 2.75) is 0 Å². The van der Waals surface area contributed by atoms with Gasteiger partial charge in [-0.05, 0) is 0 Å². The molecule has 0 aliphatic heterocycles. The Labute approximate surface area is 129 Å². The Bertz CT molecular complexity index is 883. The predicted molar refractivity (Wildman–Crippen MR) is 85.2 cm³/mol. The topological polar surface area (TPSA) is 17.0 Å². The van der Waals surface area contributed by atoms with E-state index in [1.807, 2.05) is 12.3 Å². The number of benzene rings is 2. The molecule has 0 N–H and O–H groups in total. The van der Waals surface area contributed by atoms with Gasteiger partial charge in [-0.25, -0.2) is 0 Å². The van der Waals surface area contributed by atoms with Crippen molar-refractivity contribution in [2.75, 3.05) is 0 Å². The van der Waals surface area contributed by atoms with Gasteiger partial charge in [0, 0.05) is 0 Å². The van der Waals surface area contributed by atoms with E-state index >= 15 is 0 Å². The van der Waals surface area contributed by atoms with Crippen LogP contribution in [-0.4, -0.2) is 19.5 Å². The summed E-state index contributed by atoms with van der Waals surface area (Å²) in [4.78, 5) is 4.56. The maximum atomic E-state index is 4.56. The Morgan fingerprint density at radius 2 is 1.43 bits per heavy atom. The third kappa shape index (κ3) is 2.21. The van der Waals surface area contributed by atoms with Gasteiger partial charge in [-0.3, -0.25) is 0 Å². The molecule has 0 saturated carbocycles. The molecule has 21 heavy (non-hydrogen) atoms. The second kappa shape index (κ2) is 5.28. The first kappa shape index (κ1) is 12.5. The average Bonchev–Trinajstić information content (AvgIpc) is 2.96. The fraction of sp³-hybridized carbons (Fsp3) is 0. The molecule has 0 radical (unpaired) electrons. The zero-order valence-electron chi connectivity index (χ0n) is 11.3. The van der Waals surface area contributed by atoms with Gasteiger partial charge in [0.15, 0.2) is 0 Å². The molecule has 0 amide bonds. The number of hydrogen-bond donors (Lipinski definition) is 0. The number of rotatable bonds is 2. The van der Waals surface area contributed by atoms with E-state index in [0.717, 1.165) is 4.52 Å². The van der Waals surface area contributed by atoms with Crippen LogP contribution in [0.3, 0.4) is 0 Å². The monoisotopic (exact) mass is 337 g/mol. The zero-order valence-corrected chi connectivity index (χ0v) is 13.0. The summed E-state index contributed by atoms with van der Waals surface area (Å²) >= 11 is 0.230. The molecule has 2 aromatic carbocycles. The molecule has 0 atom stereocenters. The Morgan fingerprint density at radius 1 is 0.762 bits per heavy atom. The number of fused-ring (bicyclic) bond motifs is 1. The van der Waals surface area contributed by atoms with Gasteiger partial charge in [-0.2, -0.15) is 0 Å². The average molecular weight is 336 g/mol. The van der Waals surface area contributed by atoms with Crippen LogP contribution in [0.25, 0.3) is 25.8 Å². The van der Waals surface area contributed by atoms with Gasteiger partial charge >= 0.3 is 129 Å². The molecule has 0 aliphatic carbocycles. The SMILES string of the molecule is c1ccc(-c2[se]c3nccc[n+]3c2-c2ccccc2)cc1. The van der Waals surface area contributed by atoms with Crippen LogP contribution in [0.5, 0.6) is 0 Å². The molecule has 0 saturated heterocycles. The Balaban J connectivity index is 2.07. The Morgan fingerprint density at radius 3 is 2.14 bits per heavy atom. The summed E-state index contributed by atoms with van der Waals surface area (Å²) < 4.78 is 4.79. The quantitative estimate of drug-likeness (QED) is 0.406. The van der Waals surface area contributed by atoms with Crippen LogP contribution in [0.15, 0.2) is 79.1 Å². The summed E-state index contributed by atoms with van der Waals surface area (Å²) in [6, 6.07) is 23.2. The molecule has 0 fully saturated rings. The summed E-state index contributed by atoms with van der Waals surface area (Å²) in [6.07, 6.45) is 3.99. The van der Waals surface area contributed by atoms with Crippen molar-refractivity contribution in [3.63, 3.8) is 0 Å². The van der Waals surface area contributed by atoms with E-state index in [9.17, 15) is 0 Å². The van der Waals surface area contributed by atoms with Crippen molar-refractivity contribution in [1.29, 1.82) is 0 Å². The fourth-order valence-electron chi connectivity index (χ4n) is 2.50. The maximum absolute atomic E-state index is 4.56. The van der Waals surface area contributed by atoms with Crippen molar-refractivity contribution in [3.8, 4) is 21.3 Å². The van der Waals surface area contributed by atoms with E-state index in [1.165, 1.54) is 21.3 Å². The minimum absolute atomic E-state index is 0.230. The third-order valence-corrected chi connectivity index (χ3v) is 5.79. The van der Waals surface area contributed by atoms with Crippen molar-refractivity contribution >= 4 is 19.0 Å². The van der Waals surface area contributed by atoms with E-state index in [-0.39, 0.29) is 14.5 Å². The molecule has 0 bridgehead atoms. The van der Waals surface area contributed by atoms with Crippen LogP contribution < -0.4 is 4.40 Å². The van der Waals surface area contributed by atoms with E-state index in [2.05, 4.69) is 76.2 Å². The standard InChI is InChI=1S/C18H13N2Se/c1-3-8-14(9-4-1)16-17(15-10-5-2-6-11-15)21-18-19-12-7-13-20(16)18/h1-13H/q+1. The van der Waals surface area contributed by atoms with Crippen molar-refractivity contribution in [3.05, 3.63) is 79.1 Å². The van der Waals surface area contributed by atoms with Crippen molar-refractivity contribution in [2.24, 2.45) is 0 Å². The molecular weight excluding hydrogens is 323 g/mol. The van der Waals surface area contributed by atoms with Crippen LogP contribution in [0.4, 0.5) is 0 Å². The predicted octanol–water partition coefficient (Wildman–Crippen LogP) is 3.21. The second-order valence-corrected chi connectivity index (χ2v) is 6.84. The molecule has 3 heteroatoms. The fourth-order valence-corrected chi connectivity index (χ4v) is 4.84. The molecule has 0 spiro atoms. The summed E-state index contributed by atoms with van der Waals surface area (Å²) in [6.45, 7) is 0. The van der Waals surface area contributed by atoms with E-state index in [4.69, 9.17) is 0 Å². The van der Waals surface area contributed by atoms with Crippen LogP contribution in [0.1, 0.15) is 0 Å². The Kier molecular flexibility index (Phi) is 3.15. The summed E-state index contributed by atoms with van der Waals surface area (Å²) in [7, 11) is 0. The first-order valence-electron chi connectivity index (χ1n) is 6.83. The van der Waals surface area contributed by atoms with E-state index in [1.54, 1.807) is 0 Å². The second-order valence-electron chi connectivity index (χ2n) is 4.78. The van der Waals surface area contributed by atoms with Gasteiger partial charge in [-0.15, -0.1) is 0 Å². The molecule has 100 valence electrons. The van der Waals surface area contributed by atoms with Crippen molar-refractivity contribution in [1.82, 2.24) is 4.98 Å². The van der Waals surface area contributed by atoms with Gasteiger partial charge in [0.2, 0.25) is 0 Å². The van der Waals surface area contributed by atoms with E-state index < -0.39 is 0 Å². The molecule has 0 aliphatic rings. The number of nitrogens with zero attached hydrogens (tertiary/aromatic N) is 2. The summed E-state index contributed by atoms with van der Waals surface area (Å²) in [5.41, 5.74) is 3.81. The van der Waals surface area contributed by atoms with Gasteiger partial charge in [-0.1, -0.05) is 0 Å². The Hall–Kier alpha value is -2.22. The van der Waals surface area contributed by atoms with Crippen LogP contribution in [0.2, 0.25) is 0 Å². The number of aromatic nitrogens is 2. The minimum atomic E-state index is 0.230. The first-order valence-corrected chi connectivity index (χ1v) is 8.55. The zero-order chi connectivity index (χ0) is 14.1. The summed E-state index contributed by atoms with van der Waals surface area (Å²) in [5.74, 6) is 0. The summed E-state index contributed by atoms with van der Waals surface area (Å²) in [5, 5.41) is 0. The molecule has 0 unspecified atom stereocenters. The van der Waals surface area contributed by atoms with Crippen LogP contribution in [0, 0.1) is 0 Å². The van der Waals surface area contributed by atoms with E-state index in [0.29, 0.717) is 0 Å². The van der Waals surface area contributed by atoms with Crippen LogP contribution in [-0.2, 0) is 0 Å². The number of hydrogen-bond acceptors (Lipinski definition) is 1. The van der Waals surface area contributed by atoms with Crippen molar-refractivity contribution < 1.29 is 4.40 Å². The van der Waals surface area contributed by atoms with Gasteiger partial charge < -0.3 is 0 Å². The molecule has 4 aromatic rings. The third-order valence-electron chi connectivity index (χ3n) is 3.44. The van der Waals surface area contributed by atoms with Gasteiger partial charge in [0.1, 0.15) is 0 Å². The normalized spacial score (nSPS) is 10.9. The van der Waals surface area contributed by atoms with Gasteiger partial charge in [0.25, 0.3) is 0 Å². The molecule has 4 rings (SSSR count). The van der Waals surface area contributed by atoms with Crippen LogP contribution >= 0.6 is 0 Å². The molecular formula is C18H13N2Se+. The molecule has 2 aromatic heterocycles. The molecule has 2 nitrogen and oxygen atoms in total.